The summed E-state index contributed by atoms with van der Waals surface area (Å²) in [6.45, 7) is 8.54. The average molecular weight is 96.1 g/mol. The fourth-order valence-corrected chi connectivity index (χ4v) is 0.139. The van der Waals surface area contributed by atoms with Crippen LogP contribution >= 0.6 is 0 Å². The van der Waals surface area contributed by atoms with Gasteiger partial charge in [0.1, 0.15) is 0 Å². The summed E-state index contributed by atoms with van der Waals surface area (Å²) in [4.78, 5) is 0. The first-order valence-corrected chi connectivity index (χ1v) is 1.92. The lowest BCUT2D eigenvalue weighted by Crippen LogP contribution is -1.68. The Morgan fingerprint density at radius 1 is 1.71 bits per heavy atom. The van der Waals surface area contributed by atoms with Gasteiger partial charge in [-0.1, -0.05) is 6.58 Å². The zero-order chi connectivity index (χ0) is 5.70. The topological polar surface area (TPSA) is 24.7 Å². The molecule has 0 amide bonds. The Hall–Kier alpha value is -0.920. The summed E-state index contributed by atoms with van der Waals surface area (Å²) in [6.07, 6.45) is 1.55. The Morgan fingerprint density at radius 2 is 2.29 bits per heavy atom. The van der Waals surface area contributed by atoms with E-state index in [1.165, 1.54) is 0 Å². The molecule has 7 heavy (non-hydrogen) atoms. The van der Waals surface area contributed by atoms with Gasteiger partial charge in [0.25, 0.3) is 0 Å². The molecule has 0 rings (SSSR count). The molecule has 0 aliphatic heterocycles. The summed E-state index contributed by atoms with van der Waals surface area (Å²) in [5, 5.41) is 6.70. The van der Waals surface area contributed by atoms with E-state index in [-0.39, 0.29) is 0 Å². The van der Waals surface area contributed by atoms with E-state index in [9.17, 15) is 0 Å². The third-order valence-corrected chi connectivity index (χ3v) is 0.360. The number of nitrogens with zero attached hydrogens (tertiary/aromatic N) is 2. The van der Waals surface area contributed by atoms with E-state index in [0.717, 1.165) is 5.57 Å². The van der Waals surface area contributed by atoms with Gasteiger partial charge in [-0.2, -0.15) is 10.2 Å². The van der Waals surface area contributed by atoms with Crippen LogP contribution in [-0.2, 0) is 0 Å². The molecule has 0 aromatic heterocycles. The number of hydrogen-bond acceptors (Lipinski definition) is 2. The van der Waals surface area contributed by atoms with Gasteiger partial charge in [-0.15, -0.1) is 0 Å². The zero-order valence-electron chi connectivity index (χ0n) is 4.39. The minimum atomic E-state index is 0.882. The second-order valence-corrected chi connectivity index (χ2v) is 1.23. The van der Waals surface area contributed by atoms with Crippen molar-refractivity contribution in [1.82, 2.24) is 0 Å². The van der Waals surface area contributed by atoms with E-state index in [0.29, 0.717) is 0 Å². The minimum Gasteiger partial charge on any atom is -0.167 e. The molecule has 0 heterocycles. The van der Waals surface area contributed by atoms with Crippen molar-refractivity contribution in [1.29, 1.82) is 0 Å². The highest BCUT2D eigenvalue weighted by molar-refractivity contribution is 5.76. The molecule has 0 saturated heterocycles. The molecule has 0 aliphatic rings. The van der Waals surface area contributed by atoms with Crippen LogP contribution in [0.3, 0.4) is 0 Å². The molecule has 0 saturated carbocycles. The first kappa shape index (κ1) is 6.08. The van der Waals surface area contributed by atoms with Crippen LogP contribution in [0.15, 0.2) is 22.4 Å². The summed E-state index contributed by atoms with van der Waals surface area (Å²) in [5.74, 6) is 0. The van der Waals surface area contributed by atoms with E-state index in [4.69, 9.17) is 0 Å². The van der Waals surface area contributed by atoms with Gasteiger partial charge >= 0.3 is 0 Å². The van der Waals surface area contributed by atoms with Crippen molar-refractivity contribution in [2.75, 3.05) is 0 Å². The standard InChI is InChI=1S/C5H8N2/c1-5(2)4-7-6-3/h4H,1,3H2,2H3/b7-4-. The van der Waals surface area contributed by atoms with Crippen molar-refractivity contribution in [3.8, 4) is 0 Å². The molecular weight excluding hydrogens is 88.1 g/mol. The summed E-state index contributed by atoms with van der Waals surface area (Å²) in [7, 11) is 0. The molecule has 0 aromatic carbocycles. The van der Waals surface area contributed by atoms with Gasteiger partial charge in [0, 0.05) is 6.72 Å². The molecule has 0 spiro atoms. The Kier molecular flexibility index (Phi) is 2.85. The minimum absolute atomic E-state index is 0.882. The number of hydrogen-bond donors (Lipinski definition) is 0. The fourth-order valence-electron chi connectivity index (χ4n) is 0.139. The average Bonchev–Trinajstić information content (AvgIpc) is 1.61. The van der Waals surface area contributed by atoms with Crippen LogP contribution in [0, 0.1) is 0 Å². The van der Waals surface area contributed by atoms with Gasteiger partial charge in [-0.05, 0) is 12.5 Å². The first-order chi connectivity index (χ1) is 3.27. The first-order valence-electron chi connectivity index (χ1n) is 1.92. The van der Waals surface area contributed by atoms with Gasteiger partial charge in [0.15, 0.2) is 0 Å². The van der Waals surface area contributed by atoms with Crippen LogP contribution in [0.2, 0.25) is 0 Å². The maximum absolute atomic E-state index is 3.56. The second-order valence-electron chi connectivity index (χ2n) is 1.23. The van der Waals surface area contributed by atoms with Crippen LogP contribution < -0.4 is 0 Å². The Balaban J connectivity index is 3.46. The molecular formula is C5H8N2. The lowest BCUT2D eigenvalue weighted by Gasteiger charge is -1.75. The van der Waals surface area contributed by atoms with Crippen LogP contribution in [0.4, 0.5) is 0 Å². The molecule has 0 N–H and O–H groups in total. The Labute approximate surface area is 43.3 Å². The van der Waals surface area contributed by atoms with E-state index >= 15 is 0 Å². The molecule has 0 bridgehead atoms. The maximum atomic E-state index is 3.56. The van der Waals surface area contributed by atoms with Crippen molar-refractivity contribution >= 4 is 12.9 Å². The largest absolute Gasteiger partial charge is 0.167 e. The van der Waals surface area contributed by atoms with Crippen LogP contribution in [0.25, 0.3) is 0 Å². The molecule has 0 radical (unpaired) electrons. The van der Waals surface area contributed by atoms with E-state index in [2.05, 4.69) is 23.5 Å². The molecule has 2 nitrogen and oxygen atoms in total. The summed E-state index contributed by atoms with van der Waals surface area (Å²) in [6, 6.07) is 0. The monoisotopic (exact) mass is 96.1 g/mol. The number of rotatable bonds is 2. The zero-order valence-corrected chi connectivity index (χ0v) is 4.39. The Morgan fingerprint density at radius 3 is 2.43 bits per heavy atom. The van der Waals surface area contributed by atoms with Crippen molar-refractivity contribution < 1.29 is 0 Å². The SMILES string of the molecule is C=N/N=C\C(=C)C. The molecule has 0 fully saturated rings. The highest BCUT2D eigenvalue weighted by Crippen LogP contribution is 1.77. The predicted octanol–water partition coefficient (Wildman–Crippen LogP) is 1.25. The van der Waals surface area contributed by atoms with Crippen LogP contribution in [-0.4, -0.2) is 12.9 Å². The number of allylic oxidation sites excluding steroid dienone is 1. The van der Waals surface area contributed by atoms with Gasteiger partial charge in [-0.25, -0.2) is 0 Å². The molecule has 2 heteroatoms. The lowest BCUT2D eigenvalue weighted by molar-refractivity contribution is 1.28. The van der Waals surface area contributed by atoms with Crippen molar-refractivity contribution in [2.24, 2.45) is 10.2 Å². The van der Waals surface area contributed by atoms with Crippen molar-refractivity contribution in [3.05, 3.63) is 12.2 Å². The summed E-state index contributed by atoms with van der Waals surface area (Å²) in [5.41, 5.74) is 0.882. The van der Waals surface area contributed by atoms with Crippen molar-refractivity contribution in [2.45, 2.75) is 6.92 Å². The third-order valence-electron chi connectivity index (χ3n) is 0.360. The highest BCUT2D eigenvalue weighted by atomic mass is 15.2. The van der Waals surface area contributed by atoms with Crippen LogP contribution in [0.1, 0.15) is 6.92 Å². The summed E-state index contributed by atoms with van der Waals surface area (Å²) < 4.78 is 0. The maximum Gasteiger partial charge on any atom is 0.0518 e. The quantitative estimate of drug-likeness (QED) is 0.365. The molecule has 0 unspecified atom stereocenters. The molecule has 38 valence electrons. The van der Waals surface area contributed by atoms with E-state index in [1.54, 1.807) is 6.21 Å². The van der Waals surface area contributed by atoms with Crippen LogP contribution in [0.5, 0.6) is 0 Å². The highest BCUT2D eigenvalue weighted by Gasteiger charge is 1.67. The molecule has 0 aliphatic carbocycles. The normalized spacial score (nSPS) is 9.29. The van der Waals surface area contributed by atoms with Gasteiger partial charge in [-0.3, -0.25) is 0 Å². The smallest absolute Gasteiger partial charge is 0.0518 e. The molecule has 0 aromatic rings. The van der Waals surface area contributed by atoms with E-state index in [1.807, 2.05) is 6.92 Å². The predicted molar refractivity (Wildman–Crippen MR) is 32.9 cm³/mol. The Bertz CT molecular complexity index is 103. The fraction of sp³-hybridized carbons (Fsp3) is 0.200. The summed E-state index contributed by atoms with van der Waals surface area (Å²) >= 11 is 0. The lowest BCUT2D eigenvalue weighted by atomic mass is 10.4. The molecule has 0 atom stereocenters. The third kappa shape index (κ3) is 5.08. The van der Waals surface area contributed by atoms with Gasteiger partial charge < -0.3 is 0 Å². The van der Waals surface area contributed by atoms with Gasteiger partial charge in [0.05, 0.1) is 6.21 Å². The van der Waals surface area contributed by atoms with E-state index < -0.39 is 0 Å². The van der Waals surface area contributed by atoms with Crippen molar-refractivity contribution in [3.63, 3.8) is 0 Å². The van der Waals surface area contributed by atoms with Gasteiger partial charge in [0.2, 0.25) is 0 Å². The second kappa shape index (κ2) is 3.28.